The van der Waals surface area contributed by atoms with Crippen LogP contribution in [0.25, 0.3) is 0 Å². The smallest absolute Gasteiger partial charge is 0.0328 e. The van der Waals surface area contributed by atoms with Crippen LogP contribution < -0.4 is 0 Å². The van der Waals surface area contributed by atoms with E-state index in [1.165, 1.54) is 0 Å². The molecule has 0 unspecified atom stereocenters. The summed E-state index contributed by atoms with van der Waals surface area (Å²) in [6.45, 7) is 11.6. The van der Waals surface area contributed by atoms with Gasteiger partial charge in [-0.25, -0.2) is 0 Å². The topological polar surface area (TPSA) is 3.24 Å². The summed E-state index contributed by atoms with van der Waals surface area (Å²) < 4.78 is 0. The molecule has 0 bridgehead atoms. The quantitative estimate of drug-likeness (QED) is 0.540. The van der Waals surface area contributed by atoms with Crippen molar-refractivity contribution < 1.29 is 0 Å². The van der Waals surface area contributed by atoms with Crippen molar-refractivity contribution in [2.24, 2.45) is 0 Å². The van der Waals surface area contributed by atoms with E-state index in [1.54, 1.807) is 0 Å². The van der Waals surface area contributed by atoms with Gasteiger partial charge in [-0.1, -0.05) is 19.2 Å². The fourth-order valence-electron chi connectivity index (χ4n) is 0.549. The molecule has 0 aromatic carbocycles. The fraction of sp³-hybridized carbons (Fsp3) is 0.333. The first kappa shape index (κ1) is 9.02. The summed E-state index contributed by atoms with van der Waals surface area (Å²) in [5.74, 6) is 0. The van der Waals surface area contributed by atoms with Gasteiger partial charge in [0.15, 0.2) is 0 Å². The van der Waals surface area contributed by atoms with Crippen LogP contribution in [-0.4, -0.2) is 11.9 Å². The minimum atomic E-state index is 0.968. The molecule has 0 atom stereocenters. The second-order valence-electron chi connectivity index (χ2n) is 2.29. The first-order valence-electron chi connectivity index (χ1n) is 3.30. The Bertz CT molecular complexity index is 166. The Labute approximate surface area is 63.3 Å². The Morgan fingerprint density at radius 3 is 2.20 bits per heavy atom. The van der Waals surface area contributed by atoms with Crippen LogP contribution >= 0.6 is 0 Å². The molecule has 0 fully saturated rings. The number of allylic oxidation sites excluding steroid dienone is 3. The molecular weight excluding hydrogens is 122 g/mol. The third-order valence-electron chi connectivity index (χ3n) is 1.36. The Balaban J connectivity index is 4.08. The predicted octanol–water partition coefficient (Wildman–Crippen LogP) is 2.54. The maximum atomic E-state index is 3.84. The number of likely N-dealkylation sites (N-methyl/N-ethyl adjacent to an activating group) is 1. The lowest BCUT2D eigenvalue weighted by molar-refractivity contribution is 0.542. The summed E-state index contributed by atoms with van der Waals surface area (Å²) in [7, 11) is 1.95. The van der Waals surface area contributed by atoms with E-state index in [-0.39, 0.29) is 0 Å². The lowest BCUT2D eigenvalue weighted by Gasteiger charge is -2.18. The largest absolute Gasteiger partial charge is 0.350 e. The molecule has 0 aromatic heterocycles. The van der Waals surface area contributed by atoms with Crippen molar-refractivity contribution in [3.05, 3.63) is 36.7 Å². The van der Waals surface area contributed by atoms with Crippen LogP contribution in [-0.2, 0) is 0 Å². The summed E-state index contributed by atoms with van der Waals surface area (Å²) in [5.41, 5.74) is 1.97. The van der Waals surface area contributed by atoms with Gasteiger partial charge in [0.25, 0.3) is 0 Å². The average Bonchev–Trinajstić information content (AvgIpc) is 1.87. The van der Waals surface area contributed by atoms with Crippen molar-refractivity contribution in [3.8, 4) is 0 Å². The van der Waals surface area contributed by atoms with Crippen LogP contribution in [0.1, 0.15) is 13.8 Å². The molecule has 1 nitrogen and oxygen atoms in total. The zero-order valence-electron chi connectivity index (χ0n) is 7.02. The van der Waals surface area contributed by atoms with Crippen LogP contribution in [0, 0.1) is 0 Å². The van der Waals surface area contributed by atoms with Gasteiger partial charge in [-0.3, -0.25) is 0 Å². The van der Waals surface area contributed by atoms with Gasteiger partial charge in [-0.2, -0.15) is 0 Å². The summed E-state index contributed by atoms with van der Waals surface area (Å²) in [5, 5.41) is 0. The molecule has 0 aliphatic heterocycles. The maximum absolute atomic E-state index is 3.84. The third kappa shape index (κ3) is 2.53. The van der Waals surface area contributed by atoms with Gasteiger partial charge in [0.05, 0.1) is 0 Å². The van der Waals surface area contributed by atoms with E-state index in [9.17, 15) is 0 Å². The molecule has 10 heavy (non-hydrogen) atoms. The molecule has 1 heteroatoms. The highest BCUT2D eigenvalue weighted by Gasteiger charge is 1.95. The van der Waals surface area contributed by atoms with E-state index < -0.39 is 0 Å². The summed E-state index contributed by atoms with van der Waals surface area (Å²) in [6.07, 6.45) is 3.91. The van der Waals surface area contributed by atoms with Gasteiger partial charge in [-0.05, 0) is 19.9 Å². The highest BCUT2D eigenvalue weighted by atomic mass is 15.1. The van der Waals surface area contributed by atoms with Crippen LogP contribution in [0.4, 0.5) is 0 Å². The van der Waals surface area contributed by atoms with Crippen molar-refractivity contribution in [1.82, 2.24) is 4.90 Å². The van der Waals surface area contributed by atoms with E-state index in [0.717, 1.165) is 11.4 Å². The zero-order valence-corrected chi connectivity index (χ0v) is 7.02. The van der Waals surface area contributed by atoms with Crippen molar-refractivity contribution >= 4 is 0 Å². The van der Waals surface area contributed by atoms with Crippen molar-refractivity contribution in [2.75, 3.05) is 7.05 Å². The Hall–Kier alpha value is -0.980. The minimum Gasteiger partial charge on any atom is -0.350 e. The van der Waals surface area contributed by atoms with E-state index in [4.69, 9.17) is 0 Å². The molecule has 0 rings (SSSR count). The first-order valence-corrected chi connectivity index (χ1v) is 3.30. The maximum Gasteiger partial charge on any atom is 0.0328 e. The van der Waals surface area contributed by atoms with Crippen molar-refractivity contribution in [1.29, 1.82) is 0 Å². The molecule has 0 spiro atoms. The Morgan fingerprint density at radius 2 is 1.90 bits per heavy atom. The second kappa shape index (κ2) is 3.94. The number of hydrogen-bond acceptors (Lipinski definition) is 1. The van der Waals surface area contributed by atoms with Crippen LogP contribution in [0.5, 0.6) is 0 Å². The number of rotatable bonds is 3. The summed E-state index contributed by atoms with van der Waals surface area (Å²) >= 11 is 0. The molecular formula is C9H15N. The molecule has 0 aliphatic rings. The van der Waals surface area contributed by atoms with Gasteiger partial charge < -0.3 is 4.90 Å². The van der Waals surface area contributed by atoms with E-state index in [2.05, 4.69) is 13.2 Å². The van der Waals surface area contributed by atoms with Crippen molar-refractivity contribution in [2.45, 2.75) is 13.8 Å². The van der Waals surface area contributed by atoms with Crippen LogP contribution in [0.15, 0.2) is 36.7 Å². The molecule has 56 valence electrons. The second-order valence-corrected chi connectivity index (χ2v) is 2.29. The van der Waals surface area contributed by atoms with Gasteiger partial charge >= 0.3 is 0 Å². The molecule has 0 saturated carbocycles. The van der Waals surface area contributed by atoms with Crippen molar-refractivity contribution in [3.63, 3.8) is 0 Å². The standard InChI is InChI=1S/C9H15N/c1-6-7-9(4)10(5)8(2)3/h6-7H,2,4H2,1,3,5H3. The summed E-state index contributed by atoms with van der Waals surface area (Å²) in [6, 6.07) is 0. The Kier molecular flexibility index (Phi) is 3.55. The highest BCUT2D eigenvalue weighted by Crippen LogP contribution is 2.06. The zero-order chi connectivity index (χ0) is 8.15. The van der Waals surface area contributed by atoms with Crippen LogP contribution in [0.2, 0.25) is 0 Å². The lowest BCUT2D eigenvalue weighted by atomic mass is 10.3. The normalized spacial score (nSPS) is 9.90. The fourth-order valence-corrected chi connectivity index (χ4v) is 0.549. The van der Waals surface area contributed by atoms with E-state index in [0.29, 0.717) is 0 Å². The van der Waals surface area contributed by atoms with Crippen LogP contribution in [0.3, 0.4) is 0 Å². The first-order chi connectivity index (χ1) is 4.59. The highest BCUT2D eigenvalue weighted by molar-refractivity contribution is 5.16. The van der Waals surface area contributed by atoms with Gasteiger partial charge in [0.2, 0.25) is 0 Å². The number of nitrogens with zero attached hydrogens (tertiary/aromatic N) is 1. The van der Waals surface area contributed by atoms with Gasteiger partial charge in [0.1, 0.15) is 0 Å². The Morgan fingerprint density at radius 1 is 1.40 bits per heavy atom. The van der Waals surface area contributed by atoms with E-state index in [1.807, 2.05) is 37.9 Å². The lowest BCUT2D eigenvalue weighted by Crippen LogP contribution is -2.11. The summed E-state index contributed by atoms with van der Waals surface area (Å²) in [4.78, 5) is 1.94. The van der Waals surface area contributed by atoms with Gasteiger partial charge in [-0.15, -0.1) is 0 Å². The molecule has 0 radical (unpaired) electrons. The predicted molar refractivity (Wildman–Crippen MR) is 46.5 cm³/mol. The monoisotopic (exact) mass is 137 g/mol. The molecule has 0 N–H and O–H groups in total. The third-order valence-corrected chi connectivity index (χ3v) is 1.36. The molecule has 0 aromatic rings. The SMILES string of the molecule is C=C(C)N(C)C(=C)C=CC. The molecule has 0 heterocycles. The van der Waals surface area contributed by atoms with E-state index >= 15 is 0 Å². The molecule has 0 amide bonds. The molecule has 0 saturated heterocycles. The van der Waals surface area contributed by atoms with Gasteiger partial charge in [0, 0.05) is 18.4 Å². The number of hydrogen-bond donors (Lipinski definition) is 0. The minimum absolute atomic E-state index is 0.968. The average molecular weight is 137 g/mol. The molecule has 0 aliphatic carbocycles.